The Morgan fingerprint density at radius 2 is 2.26 bits per heavy atom. The van der Waals surface area contributed by atoms with E-state index in [4.69, 9.17) is 4.74 Å². The lowest BCUT2D eigenvalue weighted by Crippen LogP contribution is -2.49. The van der Waals surface area contributed by atoms with Gasteiger partial charge in [0.05, 0.1) is 6.04 Å². The standard InChI is InChI=1S/C17H26N4O2/c1-21-9-8-18-15(21)14-13(5-10-23-14)20-16(22)19-11-17(6-2-7-17)12-3-4-12/h8-9,12-14H,2-7,10-11H2,1H3,(H2,19,20,22)/t13-,14-/m0/s1. The van der Waals surface area contributed by atoms with E-state index in [0.717, 1.165) is 24.7 Å². The molecule has 2 aliphatic carbocycles. The molecule has 1 aromatic heterocycles. The lowest BCUT2D eigenvalue weighted by molar-refractivity contribution is 0.0884. The molecule has 23 heavy (non-hydrogen) atoms. The van der Waals surface area contributed by atoms with Crippen molar-refractivity contribution in [2.24, 2.45) is 18.4 Å². The molecule has 0 bridgehead atoms. The van der Waals surface area contributed by atoms with E-state index in [9.17, 15) is 4.79 Å². The molecule has 2 atom stereocenters. The Morgan fingerprint density at radius 3 is 2.87 bits per heavy atom. The van der Waals surface area contributed by atoms with Gasteiger partial charge in [-0.25, -0.2) is 9.78 Å². The van der Waals surface area contributed by atoms with E-state index in [1.165, 1.54) is 32.1 Å². The Morgan fingerprint density at radius 1 is 1.43 bits per heavy atom. The number of nitrogens with one attached hydrogen (secondary N) is 2. The maximum absolute atomic E-state index is 12.3. The largest absolute Gasteiger partial charge is 0.368 e. The third-order valence-electron chi connectivity index (χ3n) is 5.91. The number of urea groups is 1. The minimum absolute atomic E-state index is 0.00522. The van der Waals surface area contributed by atoms with E-state index >= 15 is 0 Å². The molecule has 3 aliphatic rings. The van der Waals surface area contributed by atoms with Crippen LogP contribution in [0.5, 0.6) is 0 Å². The van der Waals surface area contributed by atoms with Gasteiger partial charge < -0.3 is 19.9 Å². The predicted octanol–water partition coefficient (Wildman–Crippen LogP) is 2.13. The normalized spacial score (nSPS) is 29.1. The van der Waals surface area contributed by atoms with Crippen LogP contribution in [-0.4, -0.2) is 34.8 Å². The van der Waals surface area contributed by atoms with Crippen LogP contribution in [-0.2, 0) is 11.8 Å². The highest BCUT2D eigenvalue weighted by Crippen LogP contribution is 2.56. The number of imidazole rings is 1. The summed E-state index contributed by atoms with van der Waals surface area (Å²) < 4.78 is 7.75. The Balaban J connectivity index is 1.32. The average Bonchev–Trinajstić information content (AvgIpc) is 3.09. The van der Waals surface area contributed by atoms with E-state index in [0.29, 0.717) is 12.0 Å². The third-order valence-corrected chi connectivity index (χ3v) is 5.91. The zero-order valence-corrected chi connectivity index (χ0v) is 13.8. The first-order valence-corrected chi connectivity index (χ1v) is 8.81. The number of nitrogens with zero attached hydrogens (tertiary/aromatic N) is 2. The number of hydrogen-bond acceptors (Lipinski definition) is 3. The molecule has 126 valence electrons. The van der Waals surface area contributed by atoms with Crippen molar-refractivity contribution in [2.45, 2.75) is 50.7 Å². The smallest absolute Gasteiger partial charge is 0.315 e. The second-order valence-corrected chi connectivity index (χ2v) is 7.40. The fourth-order valence-corrected chi connectivity index (χ4v) is 4.17. The highest BCUT2D eigenvalue weighted by Gasteiger charge is 2.49. The first-order valence-electron chi connectivity index (χ1n) is 8.81. The number of rotatable bonds is 5. The molecule has 2 N–H and O–H groups in total. The van der Waals surface area contributed by atoms with Crippen LogP contribution >= 0.6 is 0 Å². The number of aryl methyl sites for hydroxylation is 1. The molecule has 2 heterocycles. The van der Waals surface area contributed by atoms with E-state index in [-0.39, 0.29) is 18.2 Å². The Bertz CT molecular complexity index is 577. The van der Waals surface area contributed by atoms with Gasteiger partial charge in [-0.05, 0) is 43.4 Å². The maximum atomic E-state index is 12.3. The molecule has 1 aromatic rings. The lowest BCUT2D eigenvalue weighted by atomic mass is 9.65. The lowest BCUT2D eigenvalue weighted by Gasteiger charge is -2.42. The van der Waals surface area contributed by atoms with Crippen molar-refractivity contribution in [1.29, 1.82) is 0 Å². The molecule has 0 radical (unpaired) electrons. The number of ether oxygens (including phenoxy) is 1. The number of hydrogen-bond donors (Lipinski definition) is 2. The minimum Gasteiger partial charge on any atom is -0.368 e. The van der Waals surface area contributed by atoms with Gasteiger partial charge in [-0.3, -0.25) is 0 Å². The topological polar surface area (TPSA) is 68.2 Å². The Labute approximate surface area is 137 Å². The van der Waals surface area contributed by atoms with Crippen LogP contribution in [0, 0.1) is 11.3 Å². The molecular formula is C17H26N4O2. The summed E-state index contributed by atoms with van der Waals surface area (Å²) >= 11 is 0. The van der Waals surface area contributed by atoms with Crippen LogP contribution < -0.4 is 10.6 Å². The van der Waals surface area contributed by atoms with E-state index in [2.05, 4.69) is 15.6 Å². The number of carbonyl (C=O) groups is 1. The third kappa shape index (κ3) is 2.84. The number of amides is 2. The average molecular weight is 318 g/mol. The van der Waals surface area contributed by atoms with Crippen molar-refractivity contribution in [3.05, 3.63) is 18.2 Å². The molecule has 6 heteroatoms. The van der Waals surface area contributed by atoms with Gasteiger partial charge in [-0.2, -0.15) is 0 Å². The van der Waals surface area contributed by atoms with Gasteiger partial charge in [0.15, 0.2) is 0 Å². The second-order valence-electron chi connectivity index (χ2n) is 7.40. The van der Waals surface area contributed by atoms with Crippen molar-refractivity contribution in [2.75, 3.05) is 13.2 Å². The van der Waals surface area contributed by atoms with Crippen LogP contribution in [0.3, 0.4) is 0 Å². The van der Waals surface area contributed by atoms with Crippen LogP contribution in [0.4, 0.5) is 4.79 Å². The van der Waals surface area contributed by atoms with Crippen LogP contribution in [0.15, 0.2) is 12.4 Å². The van der Waals surface area contributed by atoms with Gasteiger partial charge in [-0.15, -0.1) is 0 Å². The molecule has 6 nitrogen and oxygen atoms in total. The summed E-state index contributed by atoms with van der Waals surface area (Å²) in [5, 5.41) is 6.22. The van der Waals surface area contributed by atoms with Crippen LogP contribution in [0.1, 0.15) is 50.5 Å². The first-order chi connectivity index (χ1) is 11.2. The van der Waals surface area contributed by atoms with Crippen molar-refractivity contribution < 1.29 is 9.53 Å². The van der Waals surface area contributed by atoms with Gasteiger partial charge in [0.2, 0.25) is 0 Å². The molecule has 0 spiro atoms. The molecule has 2 saturated carbocycles. The SMILES string of the molecule is Cn1ccnc1[C@H]1OCC[C@@H]1NC(=O)NCC1(C2CC2)CCC1. The molecule has 0 aromatic carbocycles. The zero-order chi connectivity index (χ0) is 15.9. The monoisotopic (exact) mass is 318 g/mol. The van der Waals surface area contributed by atoms with Crippen molar-refractivity contribution in [3.8, 4) is 0 Å². The zero-order valence-electron chi connectivity index (χ0n) is 13.8. The van der Waals surface area contributed by atoms with Crippen molar-refractivity contribution >= 4 is 6.03 Å². The van der Waals surface area contributed by atoms with E-state index < -0.39 is 0 Å². The molecule has 3 fully saturated rings. The predicted molar refractivity (Wildman–Crippen MR) is 85.8 cm³/mol. The summed E-state index contributed by atoms with van der Waals surface area (Å²) in [5.41, 5.74) is 0.405. The van der Waals surface area contributed by atoms with Crippen LogP contribution in [0.25, 0.3) is 0 Å². The minimum atomic E-state index is -0.151. The number of carbonyl (C=O) groups excluding carboxylic acids is 1. The Kier molecular flexibility index (Phi) is 3.79. The molecule has 1 saturated heterocycles. The fourth-order valence-electron chi connectivity index (χ4n) is 4.17. The van der Waals surface area contributed by atoms with E-state index in [1.807, 2.05) is 17.8 Å². The molecule has 4 rings (SSSR count). The summed E-state index contributed by atoms with van der Waals surface area (Å²) in [6.45, 7) is 1.48. The molecule has 2 amide bonds. The first kappa shape index (κ1) is 15.0. The quantitative estimate of drug-likeness (QED) is 0.874. The maximum Gasteiger partial charge on any atom is 0.315 e. The highest BCUT2D eigenvalue weighted by molar-refractivity contribution is 5.74. The van der Waals surface area contributed by atoms with Gasteiger partial charge in [0.25, 0.3) is 0 Å². The van der Waals surface area contributed by atoms with E-state index in [1.54, 1.807) is 6.20 Å². The van der Waals surface area contributed by atoms with Crippen molar-refractivity contribution in [3.63, 3.8) is 0 Å². The van der Waals surface area contributed by atoms with Gasteiger partial charge in [0, 0.05) is 32.6 Å². The highest BCUT2D eigenvalue weighted by atomic mass is 16.5. The Hall–Kier alpha value is -1.56. The summed E-state index contributed by atoms with van der Waals surface area (Å²) in [7, 11) is 1.96. The molecule has 0 unspecified atom stereocenters. The van der Waals surface area contributed by atoms with Gasteiger partial charge >= 0.3 is 6.03 Å². The number of aromatic nitrogens is 2. The molecular weight excluding hydrogens is 292 g/mol. The van der Waals surface area contributed by atoms with Crippen molar-refractivity contribution in [1.82, 2.24) is 20.2 Å². The summed E-state index contributed by atoms with van der Waals surface area (Å²) in [5.74, 6) is 1.73. The summed E-state index contributed by atoms with van der Waals surface area (Å²) in [6.07, 6.45) is 10.9. The summed E-state index contributed by atoms with van der Waals surface area (Å²) in [4.78, 5) is 16.7. The van der Waals surface area contributed by atoms with Gasteiger partial charge in [-0.1, -0.05) is 6.42 Å². The second kappa shape index (κ2) is 5.82. The fraction of sp³-hybridized carbons (Fsp3) is 0.765. The molecule has 1 aliphatic heterocycles. The summed E-state index contributed by atoms with van der Waals surface area (Å²) in [6, 6.07) is -0.0685. The van der Waals surface area contributed by atoms with Crippen LogP contribution in [0.2, 0.25) is 0 Å². The van der Waals surface area contributed by atoms with Gasteiger partial charge in [0.1, 0.15) is 11.9 Å².